The molecule has 2 rings (SSSR count). The monoisotopic (exact) mass is 213 g/mol. The highest BCUT2D eigenvalue weighted by Crippen LogP contribution is 2.25. The van der Waals surface area contributed by atoms with Crippen LogP contribution in [0.4, 0.5) is 0 Å². The summed E-state index contributed by atoms with van der Waals surface area (Å²) in [7, 11) is 0. The molecule has 70 valence electrons. The smallest absolute Gasteiger partial charge is 0.0794 e. The second kappa shape index (κ2) is 4.25. The Morgan fingerprint density at radius 1 is 1.62 bits per heavy atom. The van der Waals surface area contributed by atoms with Crippen molar-refractivity contribution in [3.8, 4) is 0 Å². The number of halogens is 1. The van der Waals surface area contributed by atoms with Gasteiger partial charge in [0.05, 0.1) is 10.9 Å². The molecule has 13 heavy (non-hydrogen) atoms. The van der Waals surface area contributed by atoms with E-state index in [9.17, 15) is 0 Å². The zero-order valence-electron chi connectivity index (χ0n) is 7.37. The molecule has 0 amide bonds. The Balaban J connectivity index is 2.02. The third-order valence-corrected chi connectivity index (χ3v) is 3.40. The summed E-state index contributed by atoms with van der Waals surface area (Å²) >= 11 is 7.79. The number of alkyl halides is 1. The molecule has 0 saturated carbocycles. The van der Waals surface area contributed by atoms with Gasteiger partial charge in [-0.15, -0.1) is 22.9 Å². The van der Waals surface area contributed by atoms with E-state index in [0.717, 1.165) is 12.8 Å². The van der Waals surface area contributed by atoms with Gasteiger partial charge in [-0.2, -0.15) is 0 Å². The second-order valence-electron chi connectivity index (χ2n) is 3.38. The Kier molecular flexibility index (Phi) is 3.01. The predicted molar refractivity (Wildman–Crippen MR) is 57.4 cm³/mol. The molecule has 1 aliphatic rings. The summed E-state index contributed by atoms with van der Waals surface area (Å²) in [6.07, 6.45) is 8.79. The average molecular weight is 214 g/mol. The van der Waals surface area contributed by atoms with Crippen LogP contribution >= 0.6 is 22.9 Å². The number of hydrogen-bond acceptors (Lipinski definition) is 2. The molecule has 3 heteroatoms. The molecule has 1 aromatic rings. The minimum Gasteiger partial charge on any atom is -0.253 e. The summed E-state index contributed by atoms with van der Waals surface area (Å²) in [5.41, 5.74) is 3.37. The van der Waals surface area contributed by atoms with Gasteiger partial charge in [-0.25, -0.2) is 0 Å². The molecule has 0 aromatic carbocycles. The number of rotatable bonds is 2. The maximum Gasteiger partial charge on any atom is 0.0794 e. The SMILES string of the molecule is ClC1C=C(Cc2cncs2)CCC1. The lowest BCUT2D eigenvalue weighted by atomic mass is 9.96. The van der Waals surface area contributed by atoms with Crippen molar-refractivity contribution >= 4 is 22.9 Å². The van der Waals surface area contributed by atoms with Crippen LogP contribution in [0.2, 0.25) is 0 Å². The van der Waals surface area contributed by atoms with Crippen molar-refractivity contribution in [2.24, 2.45) is 0 Å². The number of allylic oxidation sites excluding steroid dienone is 2. The first-order chi connectivity index (χ1) is 6.34. The lowest BCUT2D eigenvalue weighted by molar-refractivity contribution is 0.694. The van der Waals surface area contributed by atoms with Crippen molar-refractivity contribution in [2.75, 3.05) is 0 Å². The minimum absolute atomic E-state index is 0.261. The van der Waals surface area contributed by atoms with E-state index in [1.807, 2.05) is 11.7 Å². The van der Waals surface area contributed by atoms with Crippen molar-refractivity contribution in [3.63, 3.8) is 0 Å². The second-order valence-corrected chi connectivity index (χ2v) is 4.91. The normalized spacial score (nSPS) is 22.8. The van der Waals surface area contributed by atoms with Gasteiger partial charge in [-0.1, -0.05) is 11.6 Å². The van der Waals surface area contributed by atoms with Crippen molar-refractivity contribution in [3.05, 3.63) is 28.2 Å². The van der Waals surface area contributed by atoms with E-state index in [2.05, 4.69) is 11.1 Å². The van der Waals surface area contributed by atoms with Crippen LogP contribution in [0, 0.1) is 0 Å². The molecule has 1 nitrogen and oxygen atoms in total. The standard InChI is InChI=1S/C10H12ClNS/c11-9-3-1-2-8(4-9)5-10-6-12-7-13-10/h4,6-7,9H,1-3,5H2. The maximum absolute atomic E-state index is 6.06. The summed E-state index contributed by atoms with van der Waals surface area (Å²) < 4.78 is 0. The van der Waals surface area contributed by atoms with Gasteiger partial charge >= 0.3 is 0 Å². The van der Waals surface area contributed by atoms with E-state index in [1.54, 1.807) is 11.3 Å². The molecule has 1 unspecified atom stereocenters. The van der Waals surface area contributed by atoms with Gasteiger partial charge in [0.25, 0.3) is 0 Å². The van der Waals surface area contributed by atoms with Crippen LogP contribution in [0.25, 0.3) is 0 Å². The molecule has 0 aliphatic heterocycles. The maximum atomic E-state index is 6.06. The third kappa shape index (κ3) is 2.55. The van der Waals surface area contributed by atoms with Crippen LogP contribution in [0.5, 0.6) is 0 Å². The van der Waals surface area contributed by atoms with E-state index < -0.39 is 0 Å². The molecule has 1 aromatic heterocycles. The first-order valence-corrected chi connectivity index (χ1v) is 5.87. The van der Waals surface area contributed by atoms with Gasteiger partial charge in [0.2, 0.25) is 0 Å². The summed E-state index contributed by atoms with van der Waals surface area (Å²) in [6, 6.07) is 0. The van der Waals surface area contributed by atoms with Crippen molar-refractivity contribution in [2.45, 2.75) is 31.1 Å². The number of aromatic nitrogens is 1. The molecule has 0 N–H and O–H groups in total. The Labute approximate surface area is 87.5 Å². The fraction of sp³-hybridized carbons (Fsp3) is 0.500. The van der Waals surface area contributed by atoms with E-state index in [0.29, 0.717) is 0 Å². The molecule has 1 atom stereocenters. The van der Waals surface area contributed by atoms with Gasteiger partial charge in [0.15, 0.2) is 0 Å². The van der Waals surface area contributed by atoms with Crippen molar-refractivity contribution in [1.29, 1.82) is 0 Å². The average Bonchev–Trinajstić information content (AvgIpc) is 2.57. The van der Waals surface area contributed by atoms with Gasteiger partial charge < -0.3 is 0 Å². The van der Waals surface area contributed by atoms with Crippen molar-refractivity contribution in [1.82, 2.24) is 4.98 Å². The summed E-state index contributed by atoms with van der Waals surface area (Å²) in [5.74, 6) is 0. The zero-order valence-corrected chi connectivity index (χ0v) is 8.94. The van der Waals surface area contributed by atoms with E-state index in [-0.39, 0.29) is 5.38 Å². The van der Waals surface area contributed by atoms with Gasteiger partial charge in [0.1, 0.15) is 0 Å². The summed E-state index contributed by atoms with van der Waals surface area (Å²) in [6.45, 7) is 0. The minimum atomic E-state index is 0.261. The molecular formula is C10H12ClNS. The van der Waals surface area contributed by atoms with Crippen LogP contribution in [-0.2, 0) is 6.42 Å². The molecule has 0 saturated heterocycles. The Morgan fingerprint density at radius 2 is 2.54 bits per heavy atom. The van der Waals surface area contributed by atoms with Crippen LogP contribution in [-0.4, -0.2) is 10.4 Å². The molecule has 0 fully saturated rings. The largest absolute Gasteiger partial charge is 0.253 e. The number of hydrogen-bond donors (Lipinski definition) is 0. The molecule has 0 radical (unpaired) electrons. The summed E-state index contributed by atoms with van der Waals surface area (Å²) in [4.78, 5) is 5.41. The fourth-order valence-electron chi connectivity index (χ4n) is 1.65. The van der Waals surface area contributed by atoms with E-state index >= 15 is 0 Å². The quantitative estimate of drug-likeness (QED) is 0.542. The zero-order chi connectivity index (χ0) is 9.10. The van der Waals surface area contributed by atoms with Crippen LogP contribution in [0.15, 0.2) is 23.4 Å². The predicted octanol–water partition coefficient (Wildman–Crippen LogP) is 3.40. The molecule has 0 bridgehead atoms. The Morgan fingerprint density at radius 3 is 3.23 bits per heavy atom. The first-order valence-electron chi connectivity index (χ1n) is 4.55. The number of thiazole rings is 1. The molecular weight excluding hydrogens is 202 g/mol. The molecule has 1 heterocycles. The highest BCUT2D eigenvalue weighted by molar-refractivity contribution is 7.09. The fourth-order valence-corrected chi connectivity index (χ4v) is 2.63. The lowest BCUT2D eigenvalue weighted by Gasteiger charge is -2.15. The van der Waals surface area contributed by atoms with Crippen molar-refractivity contribution < 1.29 is 0 Å². The Bertz CT molecular complexity index is 292. The number of nitrogens with zero attached hydrogens (tertiary/aromatic N) is 1. The Hall–Kier alpha value is -0.340. The topological polar surface area (TPSA) is 12.9 Å². The van der Waals surface area contributed by atoms with Crippen LogP contribution < -0.4 is 0 Å². The van der Waals surface area contributed by atoms with Gasteiger partial charge in [-0.05, 0) is 19.3 Å². The summed E-state index contributed by atoms with van der Waals surface area (Å²) in [5, 5.41) is 0.261. The van der Waals surface area contributed by atoms with Gasteiger partial charge in [0, 0.05) is 17.5 Å². The highest BCUT2D eigenvalue weighted by Gasteiger charge is 2.11. The van der Waals surface area contributed by atoms with Crippen LogP contribution in [0.1, 0.15) is 24.1 Å². The van der Waals surface area contributed by atoms with Gasteiger partial charge in [-0.3, -0.25) is 4.98 Å². The lowest BCUT2D eigenvalue weighted by Crippen LogP contribution is -2.04. The molecule has 0 spiro atoms. The van der Waals surface area contributed by atoms with Crippen LogP contribution in [0.3, 0.4) is 0 Å². The third-order valence-electron chi connectivity index (χ3n) is 2.28. The van der Waals surface area contributed by atoms with E-state index in [1.165, 1.54) is 23.3 Å². The first kappa shape index (κ1) is 9.22. The molecule has 1 aliphatic carbocycles. The van der Waals surface area contributed by atoms with E-state index in [4.69, 9.17) is 11.6 Å². The highest BCUT2D eigenvalue weighted by atomic mass is 35.5.